The molecule has 0 N–H and O–H groups in total. The Bertz CT molecular complexity index is 2860. The van der Waals surface area contributed by atoms with E-state index in [1.165, 1.54) is 53.5 Å². The van der Waals surface area contributed by atoms with Gasteiger partial charge in [0.15, 0.2) is 17.5 Å². The Hall–Kier alpha value is -6.49. The SMILES string of the molecule is c1ccc(-c2ccc(-c3nc(-c4ccc(-c5c6ccccc6cc6c5ccc5ccccc56)cc4)nc(-c4cc5ccccc5s4)n3)cc2)cc1. The number of rotatable bonds is 5. The summed E-state index contributed by atoms with van der Waals surface area (Å²) in [5.74, 6) is 1.99. The van der Waals surface area contributed by atoms with E-state index >= 15 is 0 Å². The smallest absolute Gasteiger partial charge is 0.174 e. The minimum absolute atomic E-state index is 0.653. The van der Waals surface area contributed by atoms with Gasteiger partial charge in [-0.15, -0.1) is 11.3 Å². The third-order valence-corrected chi connectivity index (χ3v) is 10.8. The maximum atomic E-state index is 5.08. The van der Waals surface area contributed by atoms with Crippen molar-refractivity contribution in [2.24, 2.45) is 0 Å². The van der Waals surface area contributed by atoms with Gasteiger partial charge in [0.1, 0.15) is 0 Å². The molecule has 0 unspecified atom stereocenters. The van der Waals surface area contributed by atoms with Gasteiger partial charge in [0.25, 0.3) is 0 Å². The van der Waals surface area contributed by atoms with E-state index in [1.807, 2.05) is 6.07 Å². The molecule has 51 heavy (non-hydrogen) atoms. The van der Waals surface area contributed by atoms with Gasteiger partial charge in [-0.25, -0.2) is 15.0 Å². The van der Waals surface area contributed by atoms with Crippen molar-refractivity contribution in [1.29, 1.82) is 0 Å². The van der Waals surface area contributed by atoms with Gasteiger partial charge in [-0.05, 0) is 78.2 Å². The van der Waals surface area contributed by atoms with Crippen molar-refractivity contribution in [3.8, 4) is 55.7 Å². The first-order valence-corrected chi connectivity index (χ1v) is 17.9. The zero-order chi connectivity index (χ0) is 33.7. The molecule has 2 aromatic heterocycles. The molecule has 238 valence electrons. The highest BCUT2D eigenvalue weighted by molar-refractivity contribution is 7.22. The summed E-state index contributed by atoms with van der Waals surface area (Å²) < 4.78 is 1.21. The first-order valence-electron chi connectivity index (χ1n) is 17.1. The minimum atomic E-state index is 0.653. The lowest BCUT2D eigenvalue weighted by Crippen LogP contribution is -1.99. The fourth-order valence-electron chi connectivity index (χ4n) is 7.20. The van der Waals surface area contributed by atoms with Crippen molar-refractivity contribution >= 4 is 53.7 Å². The van der Waals surface area contributed by atoms with E-state index in [1.54, 1.807) is 11.3 Å². The highest BCUT2D eigenvalue weighted by Gasteiger charge is 2.16. The molecule has 0 aliphatic carbocycles. The summed E-state index contributed by atoms with van der Waals surface area (Å²) in [5.41, 5.74) is 6.63. The Morgan fingerprint density at radius 1 is 0.314 bits per heavy atom. The van der Waals surface area contributed by atoms with Crippen molar-refractivity contribution in [2.45, 2.75) is 0 Å². The second-order valence-corrected chi connectivity index (χ2v) is 13.9. The largest absolute Gasteiger partial charge is 0.208 e. The standard InChI is InChI=1S/C47H29N3S/c1-2-10-30(11-3-1)31-18-22-34(23-19-31)45-48-46(50-47(49-45)43-29-37-14-6-9-17-42(37)51-43)35-24-20-33(21-25-35)44-39-16-8-5-13-36(39)28-41-38-15-7-4-12-32(38)26-27-40(41)44/h1-29H. The molecule has 0 aliphatic heterocycles. The van der Waals surface area contributed by atoms with E-state index in [0.29, 0.717) is 17.5 Å². The van der Waals surface area contributed by atoms with Gasteiger partial charge in [-0.3, -0.25) is 0 Å². The summed E-state index contributed by atoms with van der Waals surface area (Å²) in [6.45, 7) is 0. The molecule has 0 radical (unpaired) electrons. The van der Waals surface area contributed by atoms with E-state index in [-0.39, 0.29) is 0 Å². The third kappa shape index (κ3) is 5.25. The second-order valence-electron chi connectivity index (χ2n) is 12.8. The van der Waals surface area contributed by atoms with E-state index < -0.39 is 0 Å². The quantitative estimate of drug-likeness (QED) is 0.135. The van der Waals surface area contributed by atoms with Crippen LogP contribution in [-0.2, 0) is 0 Å². The zero-order valence-electron chi connectivity index (χ0n) is 27.5. The van der Waals surface area contributed by atoms with E-state index in [2.05, 4.69) is 170 Å². The van der Waals surface area contributed by atoms with Gasteiger partial charge in [0.05, 0.1) is 4.88 Å². The van der Waals surface area contributed by atoms with Gasteiger partial charge < -0.3 is 0 Å². The molecule has 8 aromatic carbocycles. The average Bonchev–Trinajstić information content (AvgIpc) is 3.65. The summed E-state index contributed by atoms with van der Waals surface area (Å²) in [4.78, 5) is 16.2. The molecular formula is C47H29N3S. The molecule has 0 saturated carbocycles. The van der Waals surface area contributed by atoms with Crippen molar-refractivity contribution in [3.63, 3.8) is 0 Å². The van der Waals surface area contributed by atoms with Crippen LogP contribution in [0, 0.1) is 0 Å². The molecular weight excluding hydrogens is 639 g/mol. The zero-order valence-corrected chi connectivity index (χ0v) is 28.3. The van der Waals surface area contributed by atoms with Gasteiger partial charge in [-0.2, -0.15) is 0 Å². The highest BCUT2D eigenvalue weighted by atomic mass is 32.1. The predicted molar refractivity (Wildman–Crippen MR) is 215 cm³/mol. The Kier molecular flexibility index (Phi) is 7.00. The number of aromatic nitrogens is 3. The summed E-state index contributed by atoms with van der Waals surface area (Å²) in [6, 6.07) is 62.4. The molecule has 10 aromatic rings. The highest BCUT2D eigenvalue weighted by Crippen LogP contribution is 2.40. The molecule has 3 nitrogen and oxygen atoms in total. The second kappa shape index (κ2) is 12.1. The van der Waals surface area contributed by atoms with Crippen LogP contribution in [0.5, 0.6) is 0 Å². The predicted octanol–water partition coefficient (Wildman–Crippen LogP) is 12.9. The van der Waals surface area contributed by atoms with E-state index in [0.717, 1.165) is 27.1 Å². The van der Waals surface area contributed by atoms with E-state index in [9.17, 15) is 0 Å². The molecule has 10 rings (SSSR count). The molecule has 0 amide bonds. The first-order chi connectivity index (χ1) is 25.2. The first kappa shape index (κ1) is 29.4. The van der Waals surface area contributed by atoms with Crippen LogP contribution < -0.4 is 0 Å². The Labute approximate surface area is 299 Å². The van der Waals surface area contributed by atoms with Crippen molar-refractivity contribution in [3.05, 3.63) is 176 Å². The Morgan fingerprint density at radius 2 is 0.863 bits per heavy atom. The van der Waals surface area contributed by atoms with Crippen LogP contribution in [0.15, 0.2) is 176 Å². The van der Waals surface area contributed by atoms with E-state index in [4.69, 9.17) is 15.0 Å². The topological polar surface area (TPSA) is 38.7 Å². The van der Waals surface area contributed by atoms with Crippen LogP contribution >= 0.6 is 11.3 Å². The molecule has 2 heterocycles. The number of fused-ring (bicyclic) bond motifs is 5. The number of benzene rings is 8. The van der Waals surface area contributed by atoms with Crippen LogP contribution in [0.1, 0.15) is 0 Å². The Morgan fingerprint density at radius 3 is 1.59 bits per heavy atom. The van der Waals surface area contributed by atoms with Gasteiger partial charge in [0.2, 0.25) is 0 Å². The summed E-state index contributed by atoms with van der Waals surface area (Å²) >= 11 is 1.71. The average molecular weight is 668 g/mol. The maximum absolute atomic E-state index is 5.08. The third-order valence-electron chi connectivity index (χ3n) is 9.73. The fourth-order valence-corrected chi connectivity index (χ4v) is 8.19. The van der Waals surface area contributed by atoms with Gasteiger partial charge >= 0.3 is 0 Å². The summed E-state index contributed by atoms with van der Waals surface area (Å²) in [5, 5.41) is 8.68. The maximum Gasteiger partial charge on any atom is 0.174 e. The summed E-state index contributed by atoms with van der Waals surface area (Å²) in [7, 11) is 0. The number of nitrogens with zero attached hydrogens (tertiary/aromatic N) is 3. The van der Waals surface area contributed by atoms with Crippen LogP contribution in [0.2, 0.25) is 0 Å². The number of hydrogen-bond donors (Lipinski definition) is 0. The molecule has 4 heteroatoms. The normalized spacial score (nSPS) is 11.5. The lowest BCUT2D eigenvalue weighted by Gasteiger charge is -2.14. The number of thiophene rings is 1. The van der Waals surface area contributed by atoms with Gasteiger partial charge in [0, 0.05) is 15.8 Å². The molecule has 0 aliphatic rings. The molecule has 0 saturated heterocycles. The lowest BCUT2D eigenvalue weighted by molar-refractivity contribution is 1.08. The van der Waals surface area contributed by atoms with Gasteiger partial charge in [-0.1, -0.05) is 158 Å². The van der Waals surface area contributed by atoms with Crippen LogP contribution in [0.4, 0.5) is 0 Å². The van der Waals surface area contributed by atoms with Crippen molar-refractivity contribution in [2.75, 3.05) is 0 Å². The monoisotopic (exact) mass is 667 g/mol. The molecule has 0 atom stereocenters. The lowest BCUT2D eigenvalue weighted by atomic mass is 9.89. The van der Waals surface area contributed by atoms with Crippen LogP contribution in [0.25, 0.3) is 98.1 Å². The van der Waals surface area contributed by atoms with Crippen molar-refractivity contribution in [1.82, 2.24) is 15.0 Å². The molecule has 0 spiro atoms. The minimum Gasteiger partial charge on any atom is -0.208 e. The molecule has 0 fully saturated rings. The number of hydrogen-bond acceptors (Lipinski definition) is 4. The van der Waals surface area contributed by atoms with Crippen LogP contribution in [0.3, 0.4) is 0 Å². The Balaban J connectivity index is 1.11. The molecule has 0 bridgehead atoms. The van der Waals surface area contributed by atoms with Crippen LogP contribution in [-0.4, -0.2) is 15.0 Å². The fraction of sp³-hybridized carbons (Fsp3) is 0. The van der Waals surface area contributed by atoms with Crippen molar-refractivity contribution < 1.29 is 0 Å². The summed E-state index contributed by atoms with van der Waals surface area (Å²) in [6.07, 6.45) is 0.